The van der Waals surface area contributed by atoms with Gasteiger partial charge in [-0.3, -0.25) is 4.90 Å². The molecule has 2 fully saturated rings. The molecule has 2 atom stereocenters. The smallest absolute Gasteiger partial charge is 0.0168 e. The van der Waals surface area contributed by atoms with Crippen LogP contribution in [0.4, 0.5) is 0 Å². The first-order chi connectivity index (χ1) is 6.59. The van der Waals surface area contributed by atoms with E-state index in [-0.39, 0.29) is 0 Å². The fraction of sp³-hybridized carbons (Fsp3) is 1.00. The van der Waals surface area contributed by atoms with Crippen molar-refractivity contribution < 1.29 is 0 Å². The van der Waals surface area contributed by atoms with E-state index in [0.717, 1.165) is 12.6 Å². The molecule has 2 nitrogen and oxygen atoms in total. The van der Waals surface area contributed by atoms with Crippen molar-refractivity contribution in [1.82, 2.24) is 4.90 Å². The van der Waals surface area contributed by atoms with Crippen LogP contribution in [0.3, 0.4) is 0 Å². The van der Waals surface area contributed by atoms with E-state index in [1.807, 2.05) is 0 Å². The number of piperidine rings is 1. The van der Waals surface area contributed by atoms with Gasteiger partial charge in [-0.25, -0.2) is 0 Å². The van der Waals surface area contributed by atoms with Crippen molar-refractivity contribution in [3.63, 3.8) is 0 Å². The summed E-state index contributed by atoms with van der Waals surface area (Å²) in [6, 6.07) is 1.23. The Morgan fingerprint density at radius 2 is 2.00 bits per heavy atom. The molecule has 2 N–H and O–H groups in total. The lowest BCUT2D eigenvalue weighted by molar-refractivity contribution is 0.0846. The molecule has 0 aromatic rings. The topological polar surface area (TPSA) is 29.3 Å². The van der Waals surface area contributed by atoms with Gasteiger partial charge in [0.1, 0.15) is 0 Å². The lowest BCUT2D eigenvalue weighted by Gasteiger charge is -2.41. The van der Waals surface area contributed by atoms with Crippen molar-refractivity contribution in [3.05, 3.63) is 0 Å². The molecule has 0 spiro atoms. The first kappa shape index (κ1) is 10.4. The molecule has 1 saturated carbocycles. The third-order valence-electron chi connectivity index (χ3n) is 4.13. The molecule has 0 bridgehead atoms. The van der Waals surface area contributed by atoms with Crippen molar-refractivity contribution in [2.75, 3.05) is 13.1 Å². The van der Waals surface area contributed by atoms with Crippen molar-refractivity contribution >= 4 is 0 Å². The maximum absolute atomic E-state index is 6.04. The van der Waals surface area contributed by atoms with Crippen LogP contribution < -0.4 is 5.73 Å². The Hall–Kier alpha value is -0.0800. The van der Waals surface area contributed by atoms with E-state index in [1.165, 1.54) is 38.6 Å². The largest absolute Gasteiger partial charge is 0.327 e. The van der Waals surface area contributed by atoms with Crippen molar-refractivity contribution in [2.24, 2.45) is 11.1 Å². The summed E-state index contributed by atoms with van der Waals surface area (Å²) in [6.45, 7) is 7.26. The van der Waals surface area contributed by atoms with E-state index < -0.39 is 0 Å². The summed E-state index contributed by atoms with van der Waals surface area (Å²) >= 11 is 0. The van der Waals surface area contributed by atoms with Crippen LogP contribution in [0, 0.1) is 5.41 Å². The van der Waals surface area contributed by atoms with E-state index in [2.05, 4.69) is 18.7 Å². The molecule has 2 unspecified atom stereocenters. The highest BCUT2D eigenvalue weighted by atomic mass is 15.2. The molecule has 1 aliphatic carbocycles. The van der Waals surface area contributed by atoms with Gasteiger partial charge < -0.3 is 5.73 Å². The first-order valence-corrected chi connectivity index (χ1v) is 6.09. The van der Waals surface area contributed by atoms with Gasteiger partial charge >= 0.3 is 0 Å². The summed E-state index contributed by atoms with van der Waals surface area (Å²) in [5, 5.41) is 0. The van der Waals surface area contributed by atoms with E-state index in [4.69, 9.17) is 5.73 Å². The zero-order valence-corrected chi connectivity index (χ0v) is 9.63. The molecule has 1 aliphatic heterocycles. The standard InChI is InChI=1S/C12H24N2/c1-12(2)7-3-6-11(12)14-8-4-5-10(13)9-14/h10-11H,3-9,13H2,1-2H3. The van der Waals surface area contributed by atoms with Gasteiger partial charge in [0.15, 0.2) is 0 Å². The Bertz CT molecular complexity index is 200. The Kier molecular flexibility index (Phi) is 2.85. The van der Waals surface area contributed by atoms with E-state index >= 15 is 0 Å². The Balaban J connectivity index is 2.00. The fourth-order valence-corrected chi connectivity index (χ4v) is 3.31. The first-order valence-electron chi connectivity index (χ1n) is 6.09. The molecule has 0 radical (unpaired) electrons. The summed E-state index contributed by atoms with van der Waals surface area (Å²) < 4.78 is 0. The number of rotatable bonds is 1. The maximum atomic E-state index is 6.04. The zero-order chi connectivity index (χ0) is 10.2. The molecule has 1 saturated heterocycles. The monoisotopic (exact) mass is 196 g/mol. The van der Waals surface area contributed by atoms with Crippen LogP contribution in [0.15, 0.2) is 0 Å². The van der Waals surface area contributed by atoms with Gasteiger partial charge in [-0.2, -0.15) is 0 Å². The van der Waals surface area contributed by atoms with Crippen molar-refractivity contribution in [3.8, 4) is 0 Å². The predicted molar refractivity (Wildman–Crippen MR) is 60.2 cm³/mol. The Morgan fingerprint density at radius 3 is 2.57 bits per heavy atom. The molecule has 0 amide bonds. The van der Waals surface area contributed by atoms with Crippen LogP contribution in [-0.4, -0.2) is 30.1 Å². The Labute approximate surface area is 87.8 Å². The number of hydrogen-bond donors (Lipinski definition) is 1. The number of nitrogens with two attached hydrogens (primary N) is 1. The Morgan fingerprint density at radius 1 is 1.21 bits per heavy atom. The molecule has 2 rings (SSSR count). The predicted octanol–water partition coefficient (Wildman–Crippen LogP) is 1.99. The van der Waals surface area contributed by atoms with Crippen LogP contribution in [0.2, 0.25) is 0 Å². The average molecular weight is 196 g/mol. The normalized spacial score (nSPS) is 38.8. The highest BCUT2D eigenvalue weighted by Crippen LogP contribution is 2.41. The van der Waals surface area contributed by atoms with Gasteiger partial charge in [0.25, 0.3) is 0 Å². The van der Waals surface area contributed by atoms with Crippen LogP contribution in [0.25, 0.3) is 0 Å². The summed E-state index contributed by atoms with van der Waals surface area (Å²) in [5.74, 6) is 0. The summed E-state index contributed by atoms with van der Waals surface area (Å²) in [6.07, 6.45) is 6.71. The van der Waals surface area contributed by atoms with Crippen LogP contribution in [0.5, 0.6) is 0 Å². The number of hydrogen-bond acceptors (Lipinski definition) is 2. The van der Waals surface area contributed by atoms with Gasteiger partial charge in [0.05, 0.1) is 0 Å². The van der Waals surface area contributed by atoms with Crippen LogP contribution >= 0.6 is 0 Å². The third kappa shape index (κ3) is 1.96. The highest BCUT2D eigenvalue weighted by molar-refractivity contribution is 4.94. The van der Waals surface area contributed by atoms with E-state index in [9.17, 15) is 0 Å². The van der Waals surface area contributed by atoms with Crippen LogP contribution in [-0.2, 0) is 0 Å². The second-order valence-electron chi connectivity index (χ2n) is 5.79. The van der Waals surface area contributed by atoms with Gasteiger partial charge in [-0.1, -0.05) is 20.3 Å². The van der Waals surface area contributed by atoms with Gasteiger partial charge in [-0.05, 0) is 37.6 Å². The second kappa shape index (κ2) is 3.82. The summed E-state index contributed by atoms with van der Waals surface area (Å²) in [4.78, 5) is 2.65. The maximum Gasteiger partial charge on any atom is 0.0168 e. The lowest BCUT2D eigenvalue weighted by atomic mass is 9.85. The minimum Gasteiger partial charge on any atom is -0.327 e. The molecule has 2 heteroatoms. The van der Waals surface area contributed by atoms with Gasteiger partial charge in [0, 0.05) is 18.6 Å². The fourth-order valence-electron chi connectivity index (χ4n) is 3.31. The minimum absolute atomic E-state index is 0.431. The van der Waals surface area contributed by atoms with Crippen molar-refractivity contribution in [2.45, 2.75) is 58.0 Å². The quantitative estimate of drug-likeness (QED) is 0.695. The van der Waals surface area contributed by atoms with E-state index in [0.29, 0.717) is 11.5 Å². The SMILES string of the molecule is CC1(C)CCCC1N1CCCC(N)C1. The minimum atomic E-state index is 0.431. The van der Waals surface area contributed by atoms with E-state index in [1.54, 1.807) is 0 Å². The third-order valence-corrected chi connectivity index (χ3v) is 4.13. The zero-order valence-electron chi connectivity index (χ0n) is 9.63. The number of likely N-dealkylation sites (tertiary alicyclic amines) is 1. The summed E-state index contributed by atoms with van der Waals surface area (Å²) in [5.41, 5.74) is 6.56. The molecule has 14 heavy (non-hydrogen) atoms. The highest BCUT2D eigenvalue weighted by Gasteiger charge is 2.39. The molecular formula is C12H24N2. The second-order valence-corrected chi connectivity index (χ2v) is 5.79. The van der Waals surface area contributed by atoms with Gasteiger partial charge in [-0.15, -0.1) is 0 Å². The molecule has 0 aromatic heterocycles. The number of nitrogens with zero attached hydrogens (tertiary/aromatic N) is 1. The molecule has 1 heterocycles. The van der Waals surface area contributed by atoms with Crippen molar-refractivity contribution in [1.29, 1.82) is 0 Å². The average Bonchev–Trinajstić information content (AvgIpc) is 2.45. The summed E-state index contributed by atoms with van der Waals surface area (Å²) in [7, 11) is 0. The molecule has 82 valence electrons. The molecule has 2 aliphatic rings. The van der Waals surface area contributed by atoms with Crippen LogP contribution in [0.1, 0.15) is 46.0 Å². The molecular weight excluding hydrogens is 172 g/mol. The molecule has 0 aromatic carbocycles. The lowest BCUT2D eigenvalue weighted by Crippen LogP contribution is -2.50. The van der Waals surface area contributed by atoms with Gasteiger partial charge in [0.2, 0.25) is 0 Å².